The lowest BCUT2D eigenvalue weighted by atomic mass is 10.0. The fraction of sp³-hybridized carbons (Fsp3) is 0.800. The predicted molar refractivity (Wildman–Crippen MR) is 82.7 cm³/mol. The van der Waals surface area contributed by atoms with Gasteiger partial charge in [0.2, 0.25) is 0 Å². The first kappa shape index (κ1) is 14.9. The zero-order valence-electron chi connectivity index (χ0n) is 12.6. The molecule has 0 aliphatic carbocycles. The summed E-state index contributed by atoms with van der Waals surface area (Å²) in [5.74, 6) is 0.709. The Morgan fingerprint density at radius 3 is 2.53 bits per heavy atom. The first-order chi connectivity index (χ1) is 9.09. The van der Waals surface area contributed by atoms with Crippen LogP contribution in [0.2, 0.25) is 0 Å². The lowest BCUT2D eigenvalue weighted by molar-refractivity contribution is 0.183. The van der Waals surface area contributed by atoms with Crippen molar-refractivity contribution in [2.24, 2.45) is 5.92 Å². The molecule has 2 unspecified atom stereocenters. The van der Waals surface area contributed by atoms with E-state index in [0.717, 1.165) is 6.54 Å². The average molecular weight is 281 g/mol. The van der Waals surface area contributed by atoms with E-state index in [4.69, 9.17) is 0 Å². The van der Waals surface area contributed by atoms with Crippen molar-refractivity contribution in [3.05, 3.63) is 16.1 Å². The van der Waals surface area contributed by atoms with Crippen molar-refractivity contribution in [2.75, 3.05) is 19.6 Å². The average Bonchev–Trinajstić information content (AvgIpc) is 3.00. The molecule has 0 saturated carbocycles. The van der Waals surface area contributed by atoms with Gasteiger partial charge in [-0.3, -0.25) is 4.90 Å². The van der Waals surface area contributed by atoms with Crippen LogP contribution in [0.1, 0.15) is 50.2 Å². The standard InChI is InChI=1S/C15H27N3S/c1-11(2)14(18-7-5-6-8-18)9-16-12(3)15-13(4)17-10-19-15/h10-12,14,16H,5-9H2,1-4H3. The molecule has 19 heavy (non-hydrogen) atoms. The van der Waals surface area contributed by atoms with Gasteiger partial charge < -0.3 is 5.32 Å². The van der Waals surface area contributed by atoms with Crippen LogP contribution in [0, 0.1) is 12.8 Å². The highest BCUT2D eigenvalue weighted by atomic mass is 32.1. The molecule has 1 aliphatic rings. The van der Waals surface area contributed by atoms with E-state index in [2.05, 4.69) is 42.9 Å². The van der Waals surface area contributed by atoms with Crippen molar-refractivity contribution in [1.82, 2.24) is 15.2 Å². The third-order valence-electron chi connectivity index (χ3n) is 4.19. The van der Waals surface area contributed by atoms with Gasteiger partial charge in [0.05, 0.1) is 11.2 Å². The number of aromatic nitrogens is 1. The molecule has 0 bridgehead atoms. The van der Waals surface area contributed by atoms with Crippen molar-refractivity contribution >= 4 is 11.3 Å². The summed E-state index contributed by atoms with van der Waals surface area (Å²) in [5, 5.41) is 3.71. The number of likely N-dealkylation sites (tertiary alicyclic amines) is 1. The third kappa shape index (κ3) is 3.77. The molecule has 4 heteroatoms. The van der Waals surface area contributed by atoms with Crippen molar-refractivity contribution in [2.45, 2.75) is 52.6 Å². The molecule has 0 spiro atoms. The molecule has 1 saturated heterocycles. The Bertz CT molecular complexity index is 382. The first-order valence-electron chi connectivity index (χ1n) is 7.47. The number of hydrogen-bond acceptors (Lipinski definition) is 4. The fourth-order valence-electron chi connectivity index (χ4n) is 2.98. The molecule has 2 rings (SSSR count). The van der Waals surface area contributed by atoms with Gasteiger partial charge in [0.15, 0.2) is 0 Å². The summed E-state index contributed by atoms with van der Waals surface area (Å²) in [4.78, 5) is 8.38. The van der Waals surface area contributed by atoms with Gasteiger partial charge in [0, 0.05) is 23.5 Å². The summed E-state index contributed by atoms with van der Waals surface area (Å²) in [6.07, 6.45) is 2.74. The Labute approximate surface area is 121 Å². The van der Waals surface area contributed by atoms with Crippen LogP contribution in [-0.4, -0.2) is 35.6 Å². The van der Waals surface area contributed by atoms with Crippen molar-refractivity contribution in [3.8, 4) is 0 Å². The minimum Gasteiger partial charge on any atom is -0.308 e. The molecule has 1 aliphatic heterocycles. The van der Waals surface area contributed by atoms with Crippen LogP contribution in [0.4, 0.5) is 0 Å². The topological polar surface area (TPSA) is 28.2 Å². The Kier molecular flexibility index (Phi) is 5.37. The zero-order valence-corrected chi connectivity index (χ0v) is 13.5. The molecule has 1 fully saturated rings. The van der Waals surface area contributed by atoms with Gasteiger partial charge in [-0.25, -0.2) is 4.98 Å². The van der Waals surface area contributed by atoms with Gasteiger partial charge >= 0.3 is 0 Å². The molecule has 0 aromatic carbocycles. The third-order valence-corrected chi connectivity index (χ3v) is 5.30. The smallest absolute Gasteiger partial charge is 0.0798 e. The van der Waals surface area contributed by atoms with Gasteiger partial charge in [-0.1, -0.05) is 13.8 Å². The Morgan fingerprint density at radius 1 is 1.32 bits per heavy atom. The Morgan fingerprint density at radius 2 is 2.00 bits per heavy atom. The highest BCUT2D eigenvalue weighted by molar-refractivity contribution is 7.09. The highest BCUT2D eigenvalue weighted by Crippen LogP contribution is 2.22. The molecule has 1 N–H and O–H groups in total. The molecular formula is C15H27N3S. The summed E-state index contributed by atoms with van der Waals surface area (Å²) < 4.78 is 0. The largest absolute Gasteiger partial charge is 0.308 e. The second-order valence-corrected chi connectivity index (χ2v) is 6.87. The second-order valence-electron chi connectivity index (χ2n) is 5.99. The molecule has 0 amide bonds. The first-order valence-corrected chi connectivity index (χ1v) is 8.35. The predicted octanol–water partition coefficient (Wildman–Crippen LogP) is 3.22. The van der Waals surface area contributed by atoms with E-state index in [-0.39, 0.29) is 0 Å². The second kappa shape index (κ2) is 6.82. The van der Waals surface area contributed by atoms with Crippen molar-refractivity contribution in [3.63, 3.8) is 0 Å². The SMILES string of the molecule is Cc1ncsc1C(C)NCC(C(C)C)N1CCCC1. The maximum absolute atomic E-state index is 4.35. The van der Waals surface area contributed by atoms with Crippen LogP contribution < -0.4 is 5.32 Å². The molecule has 1 aromatic rings. The summed E-state index contributed by atoms with van der Waals surface area (Å²) in [7, 11) is 0. The van der Waals surface area contributed by atoms with E-state index in [0.29, 0.717) is 18.0 Å². The lowest BCUT2D eigenvalue weighted by Crippen LogP contribution is -2.44. The van der Waals surface area contributed by atoms with Crippen molar-refractivity contribution < 1.29 is 0 Å². The highest BCUT2D eigenvalue weighted by Gasteiger charge is 2.25. The van der Waals surface area contributed by atoms with Gasteiger partial charge in [-0.05, 0) is 45.7 Å². The van der Waals surface area contributed by atoms with Crippen LogP contribution in [-0.2, 0) is 0 Å². The maximum atomic E-state index is 4.35. The number of thiazole rings is 1. The molecule has 3 nitrogen and oxygen atoms in total. The molecular weight excluding hydrogens is 254 g/mol. The Balaban J connectivity index is 1.90. The summed E-state index contributed by atoms with van der Waals surface area (Å²) in [6.45, 7) is 12.7. The summed E-state index contributed by atoms with van der Waals surface area (Å²) in [5.41, 5.74) is 3.12. The van der Waals surface area contributed by atoms with Crippen LogP contribution in [0.15, 0.2) is 5.51 Å². The maximum Gasteiger partial charge on any atom is 0.0798 e. The zero-order chi connectivity index (χ0) is 13.8. The van der Waals surface area contributed by atoms with Gasteiger partial charge in [-0.15, -0.1) is 11.3 Å². The number of hydrogen-bond donors (Lipinski definition) is 1. The quantitative estimate of drug-likeness (QED) is 0.868. The normalized spacial score (nSPS) is 20.1. The minimum absolute atomic E-state index is 0.413. The van der Waals surface area contributed by atoms with Gasteiger partial charge in [0.25, 0.3) is 0 Å². The van der Waals surface area contributed by atoms with E-state index in [9.17, 15) is 0 Å². The fourth-order valence-corrected chi connectivity index (χ4v) is 3.81. The molecule has 2 atom stereocenters. The van der Waals surface area contributed by atoms with E-state index >= 15 is 0 Å². The van der Waals surface area contributed by atoms with Crippen LogP contribution in [0.5, 0.6) is 0 Å². The summed E-state index contributed by atoms with van der Waals surface area (Å²) >= 11 is 1.76. The van der Waals surface area contributed by atoms with Gasteiger partial charge in [0.1, 0.15) is 0 Å². The Hall–Kier alpha value is -0.450. The van der Waals surface area contributed by atoms with Gasteiger partial charge in [-0.2, -0.15) is 0 Å². The molecule has 108 valence electrons. The molecule has 0 radical (unpaired) electrons. The molecule has 1 aromatic heterocycles. The number of aryl methyl sites for hydroxylation is 1. The molecule has 2 heterocycles. The van der Waals surface area contributed by atoms with E-state index in [1.165, 1.54) is 36.5 Å². The number of rotatable bonds is 6. The van der Waals surface area contributed by atoms with Crippen LogP contribution in [0.25, 0.3) is 0 Å². The summed E-state index contributed by atoms with van der Waals surface area (Å²) in [6, 6.07) is 1.08. The van der Waals surface area contributed by atoms with Crippen LogP contribution in [0.3, 0.4) is 0 Å². The number of nitrogens with zero attached hydrogens (tertiary/aromatic N) is 2. The van der Waals surface area contributed by atoms with E-state index < -0.39 is 0 Å². The lowest BCUT2D eigenvalue weighted by Gasteiger charge is -2.32. The van der Waals surface area contributed by atoms with E-state index in [1.54, 1.807) is 11.3 Å². The minimum atomic E-state index is 0.413. The van der Waals surface area contributed by atoms with E-state index in [1.807, 2.05) is 5.51 Å². The number of nitrogens with one attached hydrogen (secondary N) is 1. The van der Waals surface area contributed by atoms with Crippen LogP contribution >= 0.6 is 11.3 Å². The van der Waals surface area contributed by atoms with Crippen molar-refractivity contribution in [1.29, 1.82) is 0 Å². The monoisotopic (exact) mass is 281 g/mol.